The number of ether oxygens (including phenoxy) is 1. The monoisotopic (exact) mass is 464 g/mol. The van der Waals surface area contributed by atoms with Gasteiger partial charge in [0.15, 0.2) is 10.8 Å². The second-order valence-electron chi connectivity index (χ2n) is 9.50. The third-order valence-electron chi connectivity index (χ3n) is 5.95. The fourth-order valence-electron chi connectivity index (χ4n) is 4.80. The molecule has 0 aliphatic heterocycles. The number of aromatic carboxylic acids is 1. The number of nitrogens with zero attached hydrogens (tertiary/aromatic N) is 2. The van der Waals surface area contributed by atoms with Crippen LogP contribution in [0.2, 0.25) is 0 Å². The van der Waals surface area contributed by atoms with Crippen LogP contribution < -0.4 is 9.64 Å². The predicted molar refractivity (Wildman–Crippen MR) is 129 cm³/mol. The maximum atomic E-state index is 13.7. The number of benzene rings is 2. The van der Waals surface area contributed by atoms with E-state index >= 15 is 0 Å². The van der Waals surface area contributed by atoms with Crippen molar-refractivity contribution >= 4 is 28.3 Å². The third-order valence-corrected chi connectivity index (χ3v) is 6.79. The highest BCUT2D eigenvalue weighted by atomic mass is 32.1. The van der Waals surface area contributed by atoms with Crippen molar-refractivity contribution in [2.45, 2.75) is 46.1 Å². The molecule has 33 heavy (non-hydrogen) atoms. The Morgan fingerprint density at radius 1 is 1.06 bits per heavy atom. The van der Waals surface area contributed by atoms with Crippen LogP contribution in [0, 0.1) is 11.3 Å². The van der Waals surface area contributed by atoms with Crippen molar-refractivity contribution in [2.75, 3.05) is 4.90 Å². The number of carbonyl (C=O) groups is 2. The van der Waals surface area contributed by atoms with Crippen LogP contribution in [0.15, 0.2) is 60.0 Å². The maximum absolute atomic E-state index is 13.7. The van der Waals surface area contributed by atoms with Gasteiger partial charge in [-0.15, -0.1) is 11.3 Å². The predicted octanol–water partition coefficient (Wildman–Crippen LogP) is 6.50. The number of carbonyl (C=O) groups excluding carboxylic acids is 1. The van der Waals surface area contributed by atoms with Crippen molar-refractivity contribution in [3.05, 3.63) is 71.2 Å². The van der Waals surface area contributed by atoms with E-state index in [2.05, 4.69) is 25.8 Å². The SMILES string of the molecule is C[C@@H]1C[C@@H](N(C(=O)c2ccc(Oc3ccccc3)cc2)c2nc(C(=O)O)cs2)CC(C)(C)C1. The van der Waals surface area contributed by atoms with Crippen molar-refractivity contribution in [3.8, 4) is 11.5 Å². The molecule has 7 heteroatoms. The summed E-state index contributed by atoms with van der Waals surface area (Å²) in [6.07, 6.45) is 2.78. The van der Waals surface area contributed by atoms with Crippen molar-refractivity contribution in [3.63, 3.8) is 0 Å². The second kappa shape index (κ2) is 9.35. The first-order chi connectivity index (χ1) is 15.7. The van der Waals surface area contributed by atoms with Gasteiger partial charge >= 0.3 is 5.97 Å². The van der Waals surface area contributed by atoms with Crippen molar-refractivity contribution in [1.82, 2.24) is 4.98 Å². The molecule has 0 saturated heterocycles. The number of hydrogen-bond acceptors (Lipinski definition) is 5. The van der Waals surface area contributed by atoms with Crippen LogP contribution in [0.1, 0.15) is 60.9 Å². The van der Waals surface area contributed by atoms with Gasteiger partial charge < -0.3 is 9.84 Å². The summed E-state index contributed by atoms with van der Waals surface area (Å²) in [6, 6.07) is 16.5. The molecule has 172 valence electrons. The highest BCUT2D eigenvalue weighted by molar-refractivity contribution is 7.14. The lowest BCUT2D eigenvalue weighted by atomic mass is 9.70. The van der Waals surface area contributed by atoms with E-state index in [0.29, 0.717) is 22.4 Å². The van der Waals surface area contributed by atoms with Crippen molar-refractivity contribution in [1.29, 1.82) is 0 Å². The number of anilines is 1. The number of carboxylic acids is 1. The largest absolute Gasteiger partial charge is 0.476 e. The molecule has 1 N–H and O–H groups in total. The molecular formula is C26H28N2O4S. The van der Waals surface area contributed by atoms with Gasteiger partial charge in [0.25, 0.3) is 5.91 Å². The number of para-hydroxylation sites is 1. The maximum Gasteiger partial charge on any atom is 0.355 e. The normalized spacial score (nSPS) is 19.6. The molecule has 1 heterocycles. The Balaban J connectivity index is 1.63. The van der Waals surface area contributed by atoms with E-state index in [0.717, 1.165) is 25.0 Å². The van der Waals surface area contributed by atoms with Crippen LogP contribution in [-0.2, 0) is 0 Å². The van der Waals surface area contributed by atoms with Gasteiger partial charge in [0.1, 0.15) is 11.5 Å². The van der Waals surface area contributed by atoms with Crippen LogP contribution in [0.5, 0.6) is 11.5 Å². The lowest BCUT2D eigenvalue weighted by molar-refractivity contribution is 0.0690. The fourth-order valence-corrected chi connectivity index (χ4v) is 5.67. The summed E-state index contributed by atoms with van der Waals surface area (Å²) in [5, 5.41) is 11.3. The minimum Gasteiger partial charge on any atom is -0.476 e. The number of thiazole rings is 1. The zero-order chi connectivity index (χ0) is 23.6. The molecule has 2 atom stereocenters. The Bertz CT molecular complexity index is 1120. The summed E-state index contributed by atoms with van der Waals surface area (Å²) in [4.78, 5) is 31.1. The van der Waals surface area contributed by atoms with Crippen molar-refractivity contribution < 1.29 is 19.4 Å². The summed E-state index contributed by atoms with van der Waals surface area (Å²) in [5.41, 5.74) is 0.558. The van der Waals surface area contributed by atoms with E-state index in [4.69, 9.17) is 4.74 Å². The summed E-state index contributed by atoms with van der Waals surface area (Å²) < 4.78 is 5.85. The number of aromatic nitrogens is 1. The summed E-state index contributed by atoms with van der Waals surface area (Å²) >= 11 is 1.20. The molecule has 0 unspecified atom stereocenters. The van der Waals surface area contributed by atoms with Gasteiger partial charge in [0.2, 0.25) is 0 Å². The quantitative estimate of drug-likeness (QED) is 0.451. The molecule has 0 spiro atoms. The zero-order valence-electron chi connectivity index (χ0n) is 19.0. The molecule has 3 aromatic rings. The van der Waals surface area contributed by atoms with E-state index in [-0.39, 0.29) is 23.1 Å². The molecule has 0 radical (unpaired) electrons. The lowest BCUT2D eigenvalue weighted by Crippen LogP contribution is -2.46. The zero-order valence-corrected chi connectivity index (χ0v) is 19.8. The lowest BCUT2D eigenvalue weighted by Gasteiger charge is -2.43. The van der Waals surface area contributed by atoms with Gasteiger partial charge in [-0.25, -0.2) is 9.78 Å². The topological polar surface area (TPSA) is 79.7 Å². The Morgan fingerprint density at radius 3 is 2.33 bits per heavy atom. The van der Waals surface area contributed by atoms with Crippen LogP contribution >= 0.6 is 11.3 Å². The van der Waals surface area contributed by atoms with E-state index in [1.807, 2.05) is 30.3 Å². The average molecular weight is 465 g/mol. The first-order valence-electron chi connectivity index (χ1n) is 11.1. The first kappa shape index (κ1) is 23.0. The second-order valence-corrected chi connectivity index (χ2v) is 10.3. The van der Waals surface area contributed by atoms with Gasteiger partial charge in [-0.2, -0.15) is 0 Å². The molecule has 2 aromatic carbocycles. The minimum absolute atomic E-state index is 0.0393. The van der Waals surface area contributed by atoms with Gasteiger partial charge in [-0.05, 0) is 67.0 Å². The van der Waals surface area contributed by atoms with Crippen LogP contribution in [0.4, 0.5) is 5.13 Å². The molecule has 1 fully saturated rings. The van der Waals surface area contributed by atoms with Gasteiger partial charge in [0, 0.05) is 17.0 Å². The third kappa shape index (κ3) is 5.42. The molecule has 6 nitrogen and oxygen atoms in total. The van der Waals surface area contributed by atoms with Crippen LogP contribution in [-0.4, -0.2) is 28.0 Å². The number of amides is 1. The highest BCUT2D eigenvalue weighted by Gasteiger charge is 2.38. The van der Waals surface area contributed by atoms with Gasteiger partial charge in [0.05, 0.1) is 0 Å². The van der Waals surface area contributed by atoms with Gasteiger partial charge in [-0.1, -0.05) is 39.0 Å². The molecule has 1 aromatic heterocycles. The molecule has 1 amide bonds. The van der Waals surface area contributed by atoms with Crippen molar-refractivity contribution in [2.24, 2.45) is 11.3 Å². The Labute approximate surface area is 197 Å². The molecule has 1 saturated carbocycles. The van der Waals surface area contributed by atoms with E-state index in [9.17, 15) is 14.7 Å². The summed E-state index contributed by atoms with van der Waals surface area (Å²) in [6.45, 7) is 6.65. The highest BCUT2D eigenvalue weighted by Crippen LogP contribution is 2.42. The van der Waals surface area contributed by atoms with E-state index in [1.54, 1.807) is 29.2 Å². The van der Waals surface area contributed by atoms with Gasteiger partial charge in [-0.3, -0.25) is 9.69 Å². The first-order valence-corrected chi connectivity index (χ1v) is 12.0. The summed E-state index contributed by atoms with van der Waals surface area (Å²) in [7, 11) is 0. The molecule has 1 aliphatic carbocycles. The molecule has 1 aliphatic rings. The van der Waals surface area contributed by atoms with Crippen LogP contribution in [0.25, 0.3) is 0 Å². The van der Waals surface area contributed by atoms with Crippen LogP contribution in [0.3, 0.4) is 0 Å². The minimum atomic E-state index is -1.09. The molecule has 4 rings (SSSR count). The smallest absolute Gasteiger partial charge is 0.355 e. The Hall–Kier alpha value is -3.19. The number of rotatable bonds is 6. The molecular weight excluding hydrogens is 436 g/mol. The van der Waals surface area contributed by atoms with E-state index in [1.165, 1.54) is 16.7 Å². The Kier molecular flexibility index (Phi) is 6.51. The summed E-state index contributed by atoms with van der Waals surface area (Å²) in [5.74, 6) is 0.543. The van der Waals surface area contributed by atoms with E-state index < -0.39 is 5.97 Å². The number of hydrogen-bond donors (Lipinski definition) is 1. The average Bonchev–Trinajstić information content (AvgIpc) is 3.24. The Morgan fingerprint density at radius 2 is 1.73 bits per heavy atom. The fraction of sp³-hybridized carbons (Fsp3) is 0.346. The molecule has 0 bridgehead atoms. The number of carboxylic acid groups (broad SMARTS) is 1. The standard InChI is InChI=1S/C26H28N2O4S/c1-17-13-19(15-26(2,3)14-17)28(25-27-22(16-33-25)24(30)31)23(29)18-9-11-21(12-10-18)32-20-7-5-4-6-8-20/h4-12,16-17,19H,13-15H2,1-3H3,(H,30,31)/t17-,19-/m1/s1.